The third kappa shape index (κ3) is 3.10. The first-order valence-corrected chi connectivity index (χ1v) is 7.12. The number of ketones is 1. The quantitative estimate of drug-likeness (QED) is 0.356. The summed E-state index contributed by atoms with van der Waals surface area (Å²) in [6.45, 7) is 4.88. The lowest BCUT2D eigenvalue weighted by molar-refractivity contribution is -0.757. The highest BCUT2D eigenvalue weighted by atomic mass is 16.9. The van der Waals surface area contributed by atoms with Crippen molar-refractivity contribution in [2.45, 2.75) is 39.7 Å². The van der Waals surface area contributed by atoms with E-state index in [0.717, 1.165) is 24.2 Å². The fraction of sp³-hybridized carbons (Fsp3) is 0.571. The van der Waals surface area contributed by atoms with Crippen molar-refractivity contribution in [3.8, 4) is 0 Å². The summed E-state index contributed by atoms with van der Waals surface area (Å²) >= 11 is 0. The average Bonchev–Trinajstić information content (AvgIpc) is 3.20. The van der Waals surface area contributed by atoms with Crippen molar-refractivity contribution in [1.82, 2.24) is 9.88 Å². The lowest BCUT2D eigenvalue weighted by atomic mass is 10.1. The largest absolute Gasteiger partial charge is 0.350 e. The van der Waals surface area contributed by atoms with Crippen LogP contribution < -0.4 is 5.32 Å². The van der Waals surface area contributed by atoms with Crippen molar-refractivity contribution in [2.75, 3.05) is 13.2 Å². The average molecular weight is 309 g/mol. The Morgan fingerprint density at radius 2 is 1.91 bits per heavy atom. The first kappa shape index (κ1) is 16.0. The van der Waals surface area contributed by atoms with Crippen LogP contribution in [0.1, 0.15) is 57.9 Å². The summed E-state index contributed by atoms with van der Waals surface area (Å²) in [5, 5.41) is 11.7. The molecule has 1 aromatic heterocycles. The van der Waals surface area contributed by atoms with Crippen LogP contribution in [-0.4, -0.2) is 34.5 Å². The zero-order valence-corrected chi connectivity index (χ0v) is 12.8. The lowest BCUT2D eigenvalue weighted by Gasteiger charge is -2.08. The van der Waals surface area contributed by atoms with Crippen LogP contribution in [0.5, 0.6) is 0 Å². The van der Waals surface area contributed by atoms with E-state index in [1.807, 2.05) is 18.4 Å². The van der Waals surface area contributed by atoms with Gasteiger partial charge in [0.2, 0.25) is 0 Å². The minimum absolute atomic E-state index is 0.00422. The van der Waals surface area contributed by atoms with Gasteiger partial charge in [-0.25, -0.2) is 0 Å². The predicted octanol–water partition coefficient (Wildman–Crippen LogP) is 1.58. The molecule has 1 heterocycles. The third-order valence-electron chi connectivity index (χ3n) is 3.77. The van der Waals surface area contributed by atoms with Crippen LogP contribution >= 0.6 is 0 Å². The van der Waals surface area contributed by atoms with Crippen LogP contribution in [0.3, 0.4) is 0 Å². The number of carbonyl (C=O) groups excluding carboxylic acids is 2. The molecule has 0 saturated heterocycles. The molecule has 22 heavy (non-hydrogen) atoms. The van der Waals surface area contributed by atoms with Gasteiger partial charge in [-0.15, -0.1) is 10.1 Å². The molecular formula is C14H19N3O5. The van der Waals surface area contributed by atoms with E-state index in [-0.39, 0.29) is 18.9 Å². The maximum atomic E-state index is 12.3. The number of Topliss-reactive ketones (excluding diaryl/α,β-unsaturated/α-hetero) is 1. The van der Waals surface area contributed by atoms with E-state index >= 15 is 0 Å². The molecule has 1 aliphatic rings. The lowest BCUT2D eigenvalue weighted by Crippen LogP contribution is -2.29. The van der Waals surface area contributed by atoms with Gasteiger partial charge in [-0.3, -0.25) is 9.59 Å². The normalized spacial score (nSPS) is 13.8. The first-order valence-electron chi connectivity index (χ1n) is 7.12. The summed E-state index contributed by atoms with van der Waals surface area (Å²) in [6.07, 6.45) is 2.09. The van der Waals surface area contributed by atoms with Crippen molar-refractivity contribution < 1.29 is 19.5 Å². The Morgan fingerprint density at radius 1 is 1.32 bits per heavy atom. The van der Waals surface area contributed by atoms with Crippen molar-refractivity contribution >= 4 is 11.7 Å². The molecule has 1 amide bonds. The summed E-state index contributed by atoms with van der Waals surface area (Å²) < 4.78 is 2.04. The van der Waals surface area contributed by atoms with Gasteiger partial charge < -0.3 is 14.7 Å². The highest BCUT2D eigenvalue weighted by molar-refractivity contribution is 6.09. The van der Waals surface area contributed by atoms with Crippen molar-refractivity contribution in [3.63, 3.8) is 0 Å². The summed E-state index contributed by atoms with van der Waals surface area (Å²) in [6, 6.07) is 0.359. The molecular weight excluding hydrogens is 290 g/mol. The molecule has 0 aromatic carbocycles. The van der Waals surface area contributed by atoms with Crippen LogP contribution in [0.2, 0.25) is 0 Å². The minimum Gasteiger partial charge on any atom is -0.350 e. The zero-order chi connectivity index (χ0) is 16.4. The van der Waals surface area contributed by atoms with Crippen LogP contribution in [-0.2, 0) is 4.84 Å². The maximum Gasteiger partial charge on any atom is 0.294 e. The molecule has 1 aromatic rings. The predicted molar refractivity (Wildman–Crippen MR) is 77.5 cm³/mol. The number of amides is 1. The van der Waals surface area contributed by atoms with E-state index in [9.17, 15) is 19.7 Å². The molecule has 0 atom stereocenters. The number of rotatable bonds is 7. The molecule has 8 nitrogen and oxygen atoms in total. The molecule has 0 unspecified atom stereocenters. The smallest absolute Gasteiger partial charge is 0.294 e. The van der Waals surface area contributed by atoms with Gasteiger partial charge in [-0.05, 0) is 33.6 Å². The molecule has 120 valence electrons. The SMILES string of the molecule is CC(=O)c1c(C(=O)NCCO[N+](=O)[O-])c(C)n(C2CC2)c1C. The number of nitrogens with one attached hydrogen (secondary N) is 1. The number of carbonyl (C=O) groups is 2. The summed E-state index contributed by atoms with van der Waals surface area (Å²) in [7, 11) is 0. The molecule has 1 aliphatic carbocycles. The van der Waals surface area contributed by atoms with E-state index in [4.69, 9.17) is 0 Å². The maximum absolute atomic E-state index is 12.3. The second-order valence-corrected chi connectivity index (χ2v) is 5.39. The summed E-state index contributed by atoms with van der Waals surface area (Å²) in [4.78, 5) is 38.5. The van der Waals surface area contributed by atoms with E-state index in [1.54, 1.807) is 0 Å². The Hall–Kier alpha value is -2.38. The molecule has 2 rings (SSSR count). The Morgan fingerprint density at radius 3 is 2.41 bits per heavy atom. The highest BCUT2D eigenvalue weighted by Gasteiger charge is 2.32. The highest BCUT2D eigenvalue weighted by Crippen LogP contribution is 2.40. The number of hydrogen-bond donors (Lipinski definition) is 1. The van der Waals surface area contributed by atoms with Gasteiger partial charge in [0.05, 0.1) is 11.1 Å². The van der Waals surface area contributed by atoms with E-state index < -0.39 is 11.0 Å². The van der Waals surface area contributed by atoms with Gasteiger partial charge in [-0.2, -0.15) is 0 Å². The van der Waals surface area contributed by atoms with Crippen molar-refractivity contribution in [2.24, 2.45) is 0 Å². The minimum atomic E-state index is -0.911. The third-order valence-corrected chi connectivity index (χ3v) is 3.77. The van der Waals surface area contributed by atoms with Crippen LogP contribution in [0, 0.1) is 24.0 Å². The molecule has 1 fully saturated rings. The fourth-order valence-electron chi connectivity index (χ4n) is 2.82. The van der Waals surface area contributed by atoms with Gasteiger partial charge in [0, 0.05) is 24.0 Å². The molecule has 8 heteroatoms. The van der Waals surface area contributed by atoms with Gasteiger partial charge >= 0.3 is 0 Å². The Balaban J connectivity index is 2.21. The molecule has 0 radical (unpaired) electrons. The molecule has 0 bridgehead atoms. The monoisotopic (exact) mass is 309 g/mol. The molecule has 1 N–H and O–H groups in total. The Kier molecular flexibility index (Phi) is 4.48. The second kappa shape index (κ2) is 6.17. The van der Waals surface area contributed by atoms with E-state index in [2.05, 4.69) is 10.2 Å². The van der Waals surface area contributed by atoms with Gasteiger partial charge in [0.15, 0.2) is 5.78 Å². The van der Waals surface area contributed by atoms with Crippen LogP contribution in [0.15, 0.2) is 0 Å². The van der Waals surface area contributed by atoms with E-state index in [1.165, 1.54) is 6.92 Å². The van der Waals surface area contributed by atoms with Gasteiger partial charge in [0.25, 0.3) is 11.0 Å². The molecule has 0 aliphatic heterocycles. The summed E-state index contributed by atoms with van der Waals surface area (Å²) in [5.41, 5.74) is 2.35. The van der Waals surface area contributed by atoms with Gasteiger partial charge in [0.1, 0.15) is 6.61 Å². The topological polar surface area (TPSA) is 103 Å². The van der Waals surface area contributed by atoms with Crippen LogP contribution in [0.25, 0.3) is 0 Å². The molecule has 0 spiro atoms. The Bertz CT molecular complexity index is 631. The fourth-order valence-corrected chi connectivity index (χ4v) is 2.82. The first-order chi connectivity index (χ1) is 10.3. The van der Waals surface area contributed by atoms with Gasteiger partial charge in [-0.1, -0.05) is 0 Å². The Labute approximate surface area is 127 Å². The number of hydrogen-bond acceptors (Lipinski definition) is 5. The summed E-state index contributed by atoms with van der Waals surface area (Å²) in [5.74, 6) is -0.566. The number of aromatic nitrogens is 1. The standard InChI is InChI=1S/C14H19N3O5/c1-8-12(10(3)18)13(9(2)16(8)11-4-5-11)14(19)15-6-7-22-17(20)21/h11H,4-7H2,1-3H3,(H,15,19). The van der Waals surface area contributed by atoms with Crippen molar-refractivity contribution in [3.05, 3.63) is 32.6 Å². The zero-order valence-electron chi connectivity index (χ0n) is 12.8. The number of nitrogens with zero attached hydrogens (tertiary/aromatic N) is 2. The van der Waals surface area contributed by atoms with Crippen molar-refractivity contribution in [1.29, 1.82) is 0 Å². The van der Waals surface area contributed by atoms with E-state index in [0.29, 0.717) is 17.2 Å². The second-order valence-electron chi connectivity index (χ2n) is 5.39. The molecule has 1 saturated carbocycles. The van der Waals surface area contributed by atoms with Crippen LogP contribution in [0.4, 0.5) is 0 Å².